The van der Waals surface area contributed by atoms with Crippen molar-refractivity contribution in [1.29, 1.82) is 0 Å². The molecule has 3 rings (SSSR count). The van der Waals surface area contributed by atoms with Crippen LogP contribution in [-0.2, 0) is 9.59 Å². The van der Waals surface area contributed by atoms with Gasteiger partial charge in [-0.15, -0.1) is 5.10 Å². The Morgan fingerprint density at radius 2 is 1.73 bits per heavy atom. The average molecular weight is 428 g/mol. The van der Waals surface area contributed by atoms with E-state index in [-0.39, 0.29) is 17.2 Å². The van der Waals surface area contributed by atoms with Crippen LogP contribution in [0.4, 0.5) is 0 Å². The Hall–Kier alpha value is -3.00. The monoisotopic (exact) mass is 427 g/mol. The van der Waals surface area contributed by atoms with Gasteiger partial charge >= 0.3 is 0 Å². The first-order chi connectivity index (χ1) is 14.4. The van der Waals surface area contributed by atoms with Crippen molar-refractivity contribution in [2.24, 2.45) is 5.10 Å². The summed E-state index contributed by atoms with van der Waals surface area (Å²) in [4.78, 5) is 23.3. The number of aryl methyl sites for hydroxylation is 1. The predicted octanol–water partition coefficient (Wildman–Crippen LogP) is 3.84. The van der Waals surface area contributed by atoms with E-state index < -0.39 is 0 Å². The molecule has 1 heterocycles. The molecule has 2 aromatic carbocycles. The first-order valence-electron chi connectivity index (χ1n) is 9.67. The summed E-state index contributed by atoms with van der Waals surface area (Å²) in [6.45, 7) is 5.96. The van der Waals surface area contributed by atoms with Crippen LogP contribution in [0.25, 0.3) is 0 Å². The topological polar surface area (TPSA) is 80.2 Å². The van der Waals surface area contributed by atoms with E-state index in [4.69, 9.17) is 9.47 Å². The molecule has 0 bridgehead atoms. The van der Waals surface area contributed by atoms with Crippen molar-refractivity contribution in [3.63, 3.8) is 0 Å². The van der Waals surface area contributed by atoms with E-state index >= 15 is 0 Å². The zero-order valence-corrected chi connectivity index (χ0v) is 18.1. The van der Waals surface area contributed by atoms with Crippen molar-refractivity contribution in [2.45, 2.75) is 32.6 Å². The van der Waals surface area contributed by atoms with Gasteiger partial charge in [0.1, 0.15) is 16.9 Å². The van der Waals surface area contributed by atoms with Gasteiger partial charge in [0.2, 0.25) is 11.8 Å². The zero-order chi connectivity index (χ0) is 21.5. The van der Waals surface area contributed by atoms with Crippen molar-refractivity contribution in [1.82, 2.24) is 10.3 Å². The Morgan fingerprint density at radius 3 is 2.37 bits per heavy atom. The number of amidine groups is 1. The number of nitrogens with one attached hydrogen (secondary N) is 1. The molecule has 1 aliphatic rings. The molecule has 7 nitrogen and oxygen atoms in total. The number of carbonyl (C=O) groups excluding carboxylic acids is 2. The highest BCUT2D eigenvalue weighted by atomic mass is 32.2. The van der Waals surface area contributed by atoms with Crippen LogP contribution in [0.5, 0.6) is 11.5 Å². The SMILES string of the molecule is CC(=O)NC1=NN(C(C)=O)C(c2cccc(OCCCOc3cccc(C)c3)c2)S1. The van der Waals surface area contributed by atoms with Crippen molar-refractivity contribution in [2.75, 3.05) is 13.2 Å². The summed E-state index contributed by atoms with van der Waals surface area (Å²) >= 11 is 1.32. The molecule has 30 heavy (non-hydrogen) atoms. The summed E-state index contributed by atoms with van der Waals surface area (Å²) in [5, 5.41) is 8.27. The lowest BCUT2D eigenvalue weighted by Crippen LogP contribution is -2.25. The normalized spacial score (nSPS) is 15.5. The molecule has 1 aliphatic heterocycles. The molecule has 0 saturated carbocycles. The Kier molecular flexibility index (Phi) is 7.35. The minimum absolute atomic E-state index is 0.201. The Labute approximate surface area is 180 Å². The van der Waals surface area contributed by atoms with Gasteiger partial charge in [-0.3, -0.25) is 9.59 Å². The van der Waals surface area contributed by atoms with Crippen molar-refractivity contribution in [3.8, 4) is 11.5 Å². The van der Waals surface area contributed by atoms with Crippen LogP contribution in [0.3, 0.4) is 0 Å². The number of hydrogen-bond acceptors (Lipinski definition) is 6. The number of carbonyl (C=O) groups is 2. The molecule has 0 spiro atoms. The van der Waals surface area contributed by atoms with Crippen LogP contribution < -0.4 is 14.8 Å². The van der Waals surface area contributed by atoms with E-state index in [2.05, 4.69) is 10.4 Å². The number of amides is 2. The highest BCUT2D eigenvalue weighted by molar-refractivity contribution is 8.14. The van der Waals surface area contributed by atoms with E-state index in [1.807, 2.05) is 55.5 Å². The maximum atomic E-state index is 12.0. The fourth-order valence-electron chi connectivity index (χ4n) is 2.88. The highest BCUT2D eigenvalue weighted by Gasteiger charge is 2.32. The quantitative estimate of drug-likeness (QED) is 0.679. The molecule has 0 radical (unpaired) electrons. The largest absolute Gasteiger partial charge is 0.493 e. The van der Waals surface area contributed by atoms with Crippen molar-refractivity contribution < 1.29 is 19.1 Å². The first-order valence-corrected chi connectivity index (χ1v) is 10.6. The minimum atomic E-state index is -0.349. The molecule has 1 unspecified atom stereocenters. The fourth-order valence-corrected chi connectivity index (χ4v) is 4.01. The molecule has 0 aromatic heterocycles. The first kappa shape index (κ1) is 21.7. The Bertz CT molecular complexity index is 947. The maximum absolute atomic E-state index is 12.0. The van der Waals surface area contributed by atoms with E-state index in [1.165, 1.54) is 30.6 Å². The maximum Gasteiger partial charge on any atom is 0.241 e. The van der Waals surface area contributed by atoms with Crippen LogP contribution in [0.2, 0.25) is 0 Å². The van der Waals surface area contributed by atoms with Gasteiger partial charge in [-0.2, -0.15) is 0 Å². The van der Waals surface area contributed by atoms with Crippen LogP contribution in [0, 0.1) is 6.92 Å². The second-order valence-corrected chi connectivity index (χ2v) is 7.93. The van der Waals surface area contributed by atoms with Gasteiger partial charge in [0, 0.05) is 20.3 Å². The molecule has 0 fully saturated rings. The van der Waals surface area contributed by atoms with Crippen LogP contribution in [0.15, 0.2) is 53.6 Å². The molecule has 1 N–H and O–H groups in total. The number of thioether (sulfide) groups is 1. The second-order valence-electron chi connectivity index (χ2n) is 6.86. The van der Waals surface area contributed by atoms with Gasteiger partial charge in [-0.05, 0) is 42.3 Å². The molecular formula is C22H25N3O4S. The number of hydrazone groups is 1. The minimum Gasteiger partial charge on any atom is -0.493 e. The standard InChI is InChI=1S/C22H25N3O4S/c1-15-7-4-9-19(13-15)28-11-6-12-29-20-10-5-8-18(14-20)21-25(17(3)27)24-22(30-21)23-16(2)26/h4-5,7-10,13-14,21H,6,11-12H2,1-3H3,(H,23,24,26). The molecule has 2 amide bonds. The number of rotatable bonds is 7. The lowest BCUT2D eigenvalue weighted by molar-refractivity contribution is -0.129. The Morgan fingerprint density at radius 1 is 1.07 bits per heavy atom. The van der Waals surface area contributed by atoms with Gasteiger partial charge < -0.3 is 14.8 Å². The highest BCUT2D eigenvalue weighted by Crippen LogP contribution is 2.39. The van der Waals surface area contributed by atoms with E-state index in [0.717, 1.165) is 23.3 Å². The average Bonchev–Trinajstić information content (AvgIpc) is 3.11. The van der Waals surface area contributed by atoms with E-state index in [0.29, 0.717) is 24.1 Å². The molecule has 0 saturated heterocycles. The van der Waals surface area contributed by atoms with Gasteiger partial charge in [-0.25, -0.2) is 5.01 Å². The zero-order valence-electron chi connectivity index (χ0n) is 17.3. The third-order valence-corrected chi connectivity index (χ3v) is 5.31. The summed E-state index contributed by atoms with van der Waals surface area (Å²) in [5.74, 6) is 1.14. The summed E-state index contributed by atoms with van der Waals surface area (Å²) in [6.07, 6.45) is 0.742. The molecule has 158 valence electrons. The summed E-state index contributed by atoms with van der Waals surface area (Å²) in [7, 11) is 0. The summed E-state index contributed by atoms with van der Waals surface area (Å²) in [6, 6.07) is 15.5. The molecule has 1 atom stereocenters. The number of nitrogens with zero attached hydrogens (tertiary/aromatic N) is 2. The van der Waals surface area contributed by atoms with Crippen molar-refractivity contribution >= 4 is 28.7 Å². The lowest BCUT2D eigenvalue weighted by Gasteiger charge is -2.19. The molecular weight excluding hydrogens is 402 g/mol. The third kappa shape index (κ3) is 6.00. The molecule has 2 aromatic rings. The smallest absolute Gasteiger partial charge is 0.241 e. The fraction of sp³-hybridized carbons (Fsp3) is 0.318. The van der Waals surface area contributed by atoms with Crippen LogP contribution in [0.1, 0.15) is 36.8 Å². The predicted molar refractivity (Wildman–Crippen MR) is 117 cm³/mol. The summed E-state index contributed by atoms with van der Waals surface area (Å²) < 4.78 is 11.6. The number of ether oxygens (including phenoxy) is 2. The van der Waals surface area contributed by atoms with Crippen molar-refractivity contribution in [3.05, 3.63) is 59.7 Å². The van der Waals surface area contributed by atoms with Gasteiger partial charge in [0.15, 0.2) is 5.17 Å². The van der Waals surface area contributed by atoms with E-state index in [1.54, 1.807) is 0 Å². The molecule has 8 heteroatoms. The second kappa shape index (κ2) is 10.2. The Balaban J connectivity index is 1.54. The van der Waals surface area contributed by atoms with Gasteiger partial charge in [-0.1, -0.05) is 36.0 Å². The summed E-state index contributed by atoms with van der Waals surface area (Å²) in [5.41, 5.74) is 2.03. The van der Waals surface area contributed by atoms with E-state index in [9.17, 15) is 9.59 Å². The van der Waals surface area contributed by atoms with Crippen LogP contribution >= 0.6 is 11.8 Å². The van der Waals surface area contributed by atoms with Gasteiger partial charge in [0.25, 0.3) is 0 Å². The lowest BCUT2D eigenvalue weighted by atomic mass is 10.2. The number of hydrogen-bond donors (Lipinski definition) is 1. The third-order valence-electron chi connectivity index (χ3n) is 4.21. The molecule has 0 aliphatic carbocycles. The van der Waals surface area contributed by atoms with Gasteiger partial charge in [0.05, 0.1) is 13.2 Å². The van der Waals surface area contributed by atoms with Crippen LogP contribution in [-0.4, -0.2) is 35.2 Å². The number of benzene rings is 2.